The number of halogens is 1. The van der Waals surface area contributed by atoms with E-state index in [1.165, 1.54) is 0 Å². The SMILES string of the molecule is CC(C)CNS(=O)(=O)c1cc2c(c3cnc(Cl)cc13)C(NC(=O)OC(C)(C)C)CC2. The highest BCUT2D eigenvalue weighted by atomic mass is 35.5. The number of hydrogen-bond donors (Lipinski definition) is 2. The van der Waals surface area contributed by atoms with E-state index < -0.39 is 21.7 Å². The molecule has 1 aliphatic rings. The zero-order valence-electron chi connectivity index (χ0n) is 17.9. The number of aryl methyl sites for hydroxylation is 1. The van der Waals surface area contributed by atoms with E-state index in [-0.39, 0.29) is 22.0 Å². The van der Waals surface area contributed by atoms with Crippen molar-refractivity contribution >= 4 is 38.5 Å². The van der Waals surface area contributed by atoms with Gasteiger partial charge in [0.2, 0.25) is 10.0 Å². The van der Waals surface area contributed by atoms with Gasteiger partial charge in [-0.15, -0.1) is 0 Å². The van der Waals surface area contributed by atoms with Crippen LogP contribution in [0.4, 0.5) is 4.79 Å². The minimum atomic E-state index is -3.73. The summed E-state index contributed by atoms with van der Waals surface area (Å²) in [5, 5.41) is 4.27. The molecule has 0 spiro atoms. The summed E-state index contributed by atoms with van der Waals surface area (Å²) in [4.78, 5) is 16.7. The van der Waals surface area contributed by atoms with Crippen molar-refractivity contribution in [1.82, 2.24) is 15.0 Å². The molecule has 1 amide bonds. The predicted molar refractivity (Wildman–Crippen MR) is 117 cm³/mol. The lowest BCUT2D eigenvalue weighted by Gasteiger charge is -2.23. The van der Waals surface area contributed by atoms with E-state index in [4.69, 9.17) is 16.3 Å². The molecular weight excluding hydrogens is 426 g/mol. The van der Waals surface area contributed by atoms with Crippen LogP contribution in [0.25, 0.3) is 10.8 Å². The maximum atomic E-state index is 13.0. The van der Waals surface area contributed by atoms with E-state index >= 15 is 0 Å². The number of carbonyl (C=O) groups excluding carboxylic acids is 1. The van der Waals surface area contributed by atoms with Gasteiger partial charge in [0.05, 0.1) is 10.9 Å². The van der Waals surface area contributed by atoms with Crippen molar-refractivity contribution in [2.24, 2.45) is 5.92 Å². The second kappa shape index (κ2) is 8.32. The summed E-state index contributed by atoms with van der Waals surface area (Å²) in [6, 6.07) is 2.96. The van der Waals surface area contributed by atoms with Crippen molar-refractivity contribution in [3.05, 3.63) is 34.6 Å². The number of carbonyl (C=O) groups is 1. The van der Waals surface area contributed by atoms with Crippen LogP contribution < -0.4 is 10.0 Å². The fraction of sp³-hybridized carbons (Fsp3) is 0.524. The molecule has 3 rings (SSSR count). The Morgan fingerprint density at radius 3 is 2.63 bits per heavy atom. The van der Waals surface area contributed by atoms with E-state index in [1.54, 1.807) is 39.1 Å². The van der Waals surface area contributed by atoms with Crippen molar-refractivity contribution in [3.63, 3.8) is 0 Å². The van der Waals surface area contributed by atoms with Gasteiger partial charge in [-0.3, -0.25) is 0 Å². The minimum Gasteiger partial charge on any atom is -0.444 e. The number of fused-ring (bicyclic) bond motifs is 3. The van der Waals surface area contributed by atoms with Gasteiger partial charge in [0.1, 0.15) is 10.8 Å². The van der Waals surface area contributed by atoms with Crippen molar-refractivity contribution in [2.45, 2.75) is 64.0 Å². The van der Waals surface area contributed by atoms with Crippen LogP contribution in [-0.2, 0) is 21.2 Å². The van der Waals surface area contributed by atoms with Crippen LogP contribution in [0.5, 0.6) is 0 Å². The topological polar surface area (TPSA) is 97.4 Å². The number of hydrogen-bond acceptors (Lipinski definition) is 5. The van der Waals surface area contributed by atoms with Gasteiger partial charge in [0, 0.05) is 23.5 Å². The summed E-state index contributed by atoms with van der Waals surface area (Å²) in [7, 11) is -3.73. The predicted octanol–water partition coefficient (Wildman–Crippen LogP) is 4.33. The fourth-order valence-electron chi connectivity index (χ4n) is 3.57. The van der Waals surface area contributed by atoms with E-state index in [2.05, 4.69) is 15.0 Å². The van der Waals surface area contributed by atoms with E-state index in [0.717, 1.165) is 11.1 Å². The normalized spacial score (nSPS) is 16.7. The lowest BCUT2D eigenvalue weighted by Crippen LogP contribution is -2.34. The molecule has 9 heteroatoms. The average molecular weight is 454 g/mol. The van der Waals surface area contributed by atoms with E-state index in [9.17, 15) is 13.2 Å². The van der Waals surface area contributed by atoms with Crippen LogP contribution in [0, 0.1) is 5.92 Å². The highest BCUT2D eigenvalue weighted by Crippen LogP contribution is 2.40. The van der Waals surface area contributed by atoms with Crippen molar-refractivity contribution in [3.8, 4) is 0 Å². The molecule has 1 atom stereocenters. The first kappa shape index (κ1) is 22.8. The van der Waals surface area contributed by atoms with Crippen LogP contribution in [0.1, 0.15) is 58.2 Å². The zero-order valence-corrected chi connectivity index (χ0v) is 19.4. The Labute approximate surface area is 182 Å². The third-order valence-electron chi connectivity index (χ3n) is 4.79. The molecular formula is C21H28ClN3O4S. The molecule has 1 unspecified atom stereocenters. The van der Waals surface area contributed by atoms with Crippen LogP contribution >= 0.6 is 11.6 Å². The number of alkyl carbamates (subject to hydrolysis) is 1. The first-order valence-electron chi connectivity index (χ1n) is 9.97. The summed E-state index contributed by atoms with van der Waals surface area (Å²) in [6.45, 7) is 9.63. The van der Waals surface area contributed by atoms with Gasteiger partial charge in [0.15, 0.2) is 0 Å². The summed E-state index contributed by atoms with van der Waals surface area (Å²) in [5.41, 5.74) is 1.13. The number of amides is 1. The third kappa shape index (κ3) is 5.04. The first-order valence-corrected chi connectivity index (χ1v) is 11.8. The van der Waals surface area contributed by atoms with Gasteiger partial charge in [0.25, 0.3) is 0 Å². The Bertz CT molecular complexity index is 1080. The molecule has 164 valence electrons. The van der Waals surface area contributed by atoms with E-state index in [1.807, 2.05) is 13.8 Å². The molecule has 0 bridgehead atoms. The second-order valence-electron chi connectivity index (χ2n) is 8.98. The number of ether oxygens (including phenoxy) is 1. The summed E-state index contributed by atoms with van der Waals surface area (Å²) < 4.78 is 34.1. The van der Waals surface area contributed by atoms with Gasteiger partial charge < -0.3 is 10.1 Å². The number of pyridine rings is 1. The number of nitrogens with one attached hydrogen (secondary N) is 2. The highest BCUT2D eigenvalue weighted by Gasteiger charge is 2.31. The van der Waals surface area contributed by atoms with Crippen molar-refractivity contribution in [2.75, 3.05) is 6.54 Å². The molecule has 2 aromatic rings. The fourth-order valence-corrected chi connectivity index (χ4v) is 5.19. The van der Waals surface area contributed by atoms with E-state index in [0.29, 0.717) is 30.2 Å². The summed E-state index contributed by atoms with van der Waals surface area (Å²) >= 11 is 6.10. The molecule has 0 radical (unpaired) electrons. The number of rotatable bonds is 5. The first-order chi connectivity index (χ1) is 13.9. The Balaban J connectivity index is 2.06. The number of nitrogens with zero attached hydrogens (tertiary/aromatic N) is 1. The molecule has 1 heterocycles. The molecule has 0 aliphatic heterocycles. The molecule has 1 aromatic heterocycles. The van der Waals surface area contributed by atoms with Gasteiger partial charge in [-0.1, -0.05) is 25.4 Å². The Morgan fingerprint density at radius 2 is 2.00 bits per heavy atom. The number of sulfonamides is 1. The summed E-state index contributed by atoms with van der Waals surface area (Å²) in [6.07, 6.45) is 2.36. The molecule has 0 saturated heterocycles. The Hall–Kier alpha value is -1.90. The number of benzene rings is 1. The third-order valence-corrected chi connectivity index (χ3v) is 6.46. The highest BCUT2D eigenvalue weighted by molar-refractivity contribution is 7.89. The Kier molecular flexibility index (Phi) is 6.32. The minimum absolute atomic E-state index is 0.174. The molecule has 1 aliphatic carbocycles. The molecule has 7 nitrogen and oxygen atoms in total. The molecule has 30 heavy (non-hydrogen) atoms. The Morgan fingerprint density at radius 1 is 1.30 bits per heavy atom. The molecule has 1 aromatic carbocycles. The standard InChI is InChI=1S/C21H28ClN3O4S/c1-12(2)10-24-30(27,28)17-8-13-6-7-16(25-20(26)29-21(3,4)5)19(13)15-11-23-18(22)9-14(15)17/h8-9,11-12,16,24H,6-7,10H2,1-5H3,(H,25,26). The monoisotopic (exact) mass is 453 g/mol. The van der Waals surface area contributed by atoms with Crippen LogP contribution in [0.15, 0.2) is 23.2 Å². The average Bonchev–Trinajstić information content (AvgIpc) is 3.00. The molecule has 0 saturated carbocycles. The van der Waals surface area contributed by atoms with Crippen LogP contribution in [0.3, 0.4) is 0 Å². The van der Waals surface area contributed by atoms with Gasteiger partial charge in [-0.05, 0) is 62.8 Å². The van der Waals surface area contributed by atoms with Gasteiger partial charge in [-0.25, -0.2) is 22.9 Å². The lowest BCUT2D eigenvalue weighted by atomic mass is 10.0. The zero-order chi connectivity index (χ0) is 22.3. The van der Waals surface area contributed by atoms with Crippen LogP contribution in [-0.4, -0.2) is 31.6 Å². The van der Waals surface area contributed by atoms with Gasteiger partial charge >= 0.3 is 6.09 Å². The number of aromatic nitrogens is 1. The largest absolute Gasteiger partial charge is 0.444 e. The van der Waals surface area contributed by atoms with Crippen molar-refractivity contribution < 1.29 is 17.9 Å². The quantitative estimate of drug-likeness (QED) is 0.656. The lowest BCUT2D eigenvalue weighted by molar-refractivity contribution is 0.0504. The maximum absolute atomic E-state index is 13.0. The van der Waals surface area contributed by atoms with Crippen LogP contribution in [0.2, 0.25) is 5.15 Å². The summed E-state index contributed by atoms with van der Waals surface area (Å²) in [5.74, 6) is 0.174. The maximum Gasteiger partial charge on any atom is 0.408 e. The molecule has 2 N–H and O–H groups in total. The smallest absolute Gasteiger partial charge is 0.408 e. The second-order valence-corrected chi connectivity index (χ2v) is 11.1. The van der Waals surface area contributed by atoms with Gasteiger partial charge in [-0.2, -0.15) is 0 Å². The van der Waals surface area contributed by atoms with Crippen molar-refractivity contribution in [1.29, 1.82) is 0 Å². The molecule has 0 fully saturated rings.